The molecule has 10 heavy (non-hydrogen) atoms. The molecule has 0 saturated carbocycles. The fourth-order valence-electron chi connectivity index (χ4n) is 0.398. The number of hydrogen-bond acceptors (Lipinski definition) is 1. The molecule has 0 amide bonds. The van der Waals surface area contributed by atoms with Crippen LogP contribution in [0.3, 0.4) is 0 Å². The molecule has 1 aromatic rings. The Morgan fingerprint density at radius 1 is 1.40 bits per heavy atom. The Hall–Kier alpha value is 0.353. The van der Waals surface area contributed by atoms with Gasteiger partial charge in [0.2, 0.25) is 0 Å². The number of halogens is 2. The van der Waals surface area contributed by atoms with Crippen molar-refractivity contribution < 1.29 is 15.1 Å². The van der Waals surface area contributed by atoms with E-state index in [1.54, 1.807) is 6.20 Å². The number of nitrogens with zero attached hydrogens (tertiary/aromatic N) is 1. The summed E-state index contributed by atoms with van der Waals surface area (Å²) in [6.07, 6.45) is 1.72. The van der Waals surface area contributed by atoms with Crippen molar-refractivity contribution in [3.63, 3.8) is 0 Å². The second-order valence-corrected chi connectivity index (χ2v) is 6.05. The predicted octanol–water partition coefficient (Wildman–Crippen LogP) is 2.64. The van der Waals surface area contributed by atoms with Crippen LogP contribution in [0.2, 0.25) is 0 Å². The second kappa shape index (κ2) is 7.46. The molecular weight excluding hydrogens is 222 g/mol. The van der Waals surface area contributed by atoms with Crippen LogP contribution >= 0.6 is 19.4 Å². The first kappa shape index (κ1) is 10.4. The molecule has 1 nitrogen and oxygen atoms in total. The van der Waals surface area contributed by atoms with Crippen molar-refractivity contribution >= 4 is 19.4 Å². The van der Waals surface area contributed by atoms with Gasteiger partial charge in [0.25, 0.3) is 0 Å². The van der Waals surface area contributed by atoms with Crippen LogP contribution in [0.1, 0.15) is 5.69 Å². The summed E-state index contributed by atoms with van der Waals surface area (Å²) in [7, 11) is 9.90. The third-order valence-corrected chi connectivity index (χ3v) is 0.726. The van der Waals surface area contributed by atoms with E-state index in [2.05, 4.69) is 11.9 Å². The standard InChI is InChI=1S/C6H6N.2ClH.Zn/c1-6-4-2-3-5-7-6;;;/h2-5H,1H2;2*1H;/q;;;+2/p-2. The van der Waals surface area contributed by atoms with E-state index in [1.165, 1.54) is 0 Å². The van der Waals surface area contributed by atoms with Crippen LogP contribution in [0.5, 0.6) is 0 Å². The topological polar surface area (TPSA) is 12.9 Å². The SMILES string of the molecule is [CH2]c1ccccn1.[Cl][Zn][Cl]. The van der Waals surface area contributed by atoms with E-state index in [4.69, 9.17) is 19.4 Å². The number of rotatable bonds is 0. The Morgan fingerprint density at radius 2 is 2.00 bits per heavy atom. The fourth-order valence-corrected chi connectivity index (χ4v) is 0.398. The van der Waals surface area contributed by atoms with E-state index in [1.807, 2.05) is 18.2 Å². The molecule has 0 aliphatic heterocycles. The summed E-state index contributed by atoms with van der Waals surface area (Å²) < 4.78 is 0. The molecule has 0 N–H and O–H groups in total. The molecule has 0 atom stereocenters. The molecule has 0 bridgehead atoms. The van der Waals surface area contributed by atoms with E-state index in [0.29, 0.717) is 0 Å². The third-order valence-electron chi connectivity index (χ3n) is 0.726. The Balaban J connectivity index is 0.000000236. The monoisotopic (exact) mass is 226 g/mol. The van der Waals surface area contributed by atoms with Crippen LogP contribution in [-0.2, 0) is 15.1 Å². The number of hydrogen-bond donors (Lipinski definition) is 0. The fraction of sp³-hybridized carbons (Fsp3) is 0. The second-order valence-electron chi connectivity index (χ2n) is 1.42. The predicted molar refractivity (Wildman–Crippen MR) is 40.4 cm³/mol. The van der Waals surface area contributed by atoms with E-state index in [9.17, 15) is 0 Å². The summed E-state index contributed by atoms with van der Waals surface area (Å²) in [4.78, 5) is 3.87. The van der Waals surface area contributed by atoms with Crippen LogP contribution in [-0.4, -0.2) is 4.98 Å². The van der Waals surface area contributed by atoms with Crippen molar-refractivity contribution in [1.82, 2.24) is 4.98 Å². The molecule has 1 aromatic heterocycles. The van der Waals surface area contributed by atoms with Crippen LogP contribution in [0.15, 0.2) is 24.4 Å². The summed E-state index contributed by atoms with van der Waals surface area (Å²) in [6, 6.07) is 5.64. The van der Waals surface area contributed by atoms with Crippen LogP contribution in [0, 0.1) is 6.92 Å². The van der Waals surface area contributed by atoms with Crippen molar-refractivity contribution in [2.45, 2.75) is 0 Å². The normalized spacial score (nSPS) is 7.10. The summed E-state index contributed by atoms with van der Waals surface area (Å²) in [5, 5.41) is 0. The molecule has 0 fully saturated rings. The molecule has 1 heterocycles. The van der Waals surface area contributed by atoms with Crippen LogP contribution < -0.4 is 0 Å². The van der Waals surface area contributed by atoms with Gasteiger partial charge < -0.3 is 0 Å². The molecule has 0 unspecified atom stereocenters. The van der Waals surface area contributed by atoms with E-state index in [0.717, 1.165) is 5.69 Å². The van der Waals surface area contributed by atoms with Crippen molar-refractivity contribution in [2.75, 3.05) is 0 Å². The zero-order valence-corrected chi connectivity index (χ0v) is 9.91. The van der Waals surface area contributed by atoms with E-state index in [-0.39, 0.29) is 0 Å². The van der Waals surface area contributed by atoms with Gasteiger partial charge in [0.1, 0.15) is 0 Å². The molecular formula is C6H6Cl2NZn. The zero-order valence-electron chi connectivity index (χ0n) is 5.43. The summed E-state index contributed by atoms with van der Waals surface area (Å²) >= 11 is -0.931. The minimum atomic E-state index is -0.931. The Kier molecular flexibility index (Phi) is 7.72. The average molecular weight is 228 g/mol. The molecule has 51 valence electrons. The Morgan fingerprint density at radius 3 is 2.20 bits per heavy atom. The summed E-state index contributed by atoms with van der Waals surface area (Å²) in [5.74, 6) is 0. The molecule has 0 aromatic carbocycles. The van der Waals surface area contributed by atoms with Crippen molar-refractivity contribution in [2.24, 2.45) is 0 Å². The maximum atomic E-state index is 4.95. The van der Waals surface area contributed by atoms with Crippen molar-refractivity contribution in [3.05, 3.63) is 37.0 Å². The molecule has 1 rings (SSSR count). The van der Waals surface area contributed by atoms with Gasteiger partial charge in [-0.1, -0.05) is 6.07 Å². The maximum absolute atomic E-state index is 4.95. The Bertz CT molecular complexity index is 157. The molecule has 0 aliphatic rings. The third kappa shape index (κ3) is 6.47. The molecule has 0 aliphatic carbocycles. The summed E-state index contributed by atoms with van der Waals surface area (Å²) in [5.41, 5.74) is 0.822. The van der Waals surface area contributed by atoms with Gasteiger partial charge in [-0.15, -0.1) is 0 Å². The van der Waals surface area contributed by atoms with Gasteiger partial charge in [0, 0.05) is 11.9 Å². The first-order valence-corrected chi connectivity index (χ1v) is 10.5. The Labute approximate surface area is 76.4 Å². The van der Waals surface area contributed by atoms with Crippen molar-refractivity contribution in [1.29, 1.82) is 0 Å². The van der Waals surface area contributed by atoms with Crippen LogP contribution in [0.4, 0.5) is 0 Å². The van der Waals surface area contributed by atoms with Crippen molar-refractivity contribution in [3.8, 4) is 0 Å². The molecule has 0 spiro atoms. The number of aromatic nitrogens is 1. The molecule has 1 radical (unpaired) electrons. The molecule has 0 saturated heterocycles. The van der Waals surface area contributed by atoms with Gasteiger partial charge in [-0.3, -0.25) is 4.98 Å². The quantitative estimate of drug-likeness (QED) is 0.622. The minimum absolute atomic E-state index is 0.822. The number of pyridine rings is 1. The first-order chi connectivity index (χ1) is 4.81. The zero-order chi connectivity index (χ0) is 7.82. The first-order valence-electron chi connectivity index (χ1n) is 2.66. The van der Waals surface area contributed by atoms with Crippen LogP contribution in [0.25, 0.3) is 0 Å². The molecule has 4 heteroatoms. The van der Waals surface area contributed by atoms with Gasteiger partial charge in [-0.2, -0.15) is 0 Å². The van der Waals surface area contributed by atoms with Gasteiger partial charge in [0.05, 0.1) is 0 Å². The van der Waals surface area contributed by atoms with E-state index >= 15 is 0 Å². The van der Waals surface area contributed by atoms with Gasteiger partial charge >= 0.3 is 34.5 Å². The average Bonchev–Trinajstić information content (AvgIpc) is 1.91. The van der Waals surface area contributed by atoms with Gasteiger partial charge in [0.15, 0.2) is 0 Å². The summed E-state index contributed by atoms with van der Waals surface area (Å²) in [6.45, 7) is 3.61. The van der Waals surface area contributed by atoms with Gasteiger partial charge in [-0.05, 0) is 19.1 Å². The van der Waals surface area contributed by atoms with Gasteiger partial charge in [-0.25, -0.2) is 0 Å². The van der Waals surface area contributed by atoms with E-state index < -0.39 is 15.1 Å².